The predicted octanol–water partition coefficient (Wildman–Crippen LogP) is 5.14. The van der Waals surface area contributed by atoms with Gasteiger partial charge in [-0.2, -0.15) is 0 Å². The molecule has 0 aromatic heterocycles. The molecule has 1 saturated carbocycles. The average molecular weight is 272 g/mol. The highest BCUT2D eigenvalue weighted by Crippen LogP contribution is 2.43. The van der Waals surface area contributed by atoms with Gasteiger partial charge in [0.25, 0.3) is 0 Å². The molecule has 110 valence electrons. The van der Waals surface area contributed by atoms with E-state index in [4.69, 9.17) is 0 Å². The maximum atomic E-state index is 11.3. The third kappa shape index (κ3) is 3.94. The molecule has 0 aliphatic heterocycles. The van der Waals surface area contributed by atoms with Crippen molar-refractivity contribution in [3.8, 4) is 0 Å². The van der Waals surface area contributed by atoms with Gasteiger partial charge in [-0.05, 0) is 61.0 Å². The molecular weight excluding hydrogens is 244 g/mol. The molecule has 0 bridgehead atoms. The van der Waals surface area contributed by atoms with Crippen molar-refractivity contribution in [2.45, 2.75) is 65.7 Å². The zero-order chi connectivity index (χ0) is 14.8. The van der Waals surface area contributed by atoms with Crippen LogP contribution in [0.2, 0.25) is 0 Å². The second-order valence-corrected chi connectivity index (χ2v) is 7.54. The molecule has 0 heterocycles. The smallest absolute Gasteiger partial charge is 0.134 e. The van der Waals surface area contributed by atoms with E-state index in [1.54, 1.807) is 6.92 Å². The number of carbonyl (C=O) groups is 1. The first-order valence-corrected chi connectivity index (χ1v) is 7.94. The van der Waals surface area contributed by atoms with Gasteiger partial charge in [-0.15, -0.1) is 0 Å². The Morgan fingerprint density at radius 3 is 2.35 bits per heavy atom. The predicted molar refractivity (Wildman–Crippen MR) is 85.0 cm³/mol. The van der Waals surface area contributed by atoms with Crippen molar-refractivity contribution in [3.05, 3.63) is 35.4 Å². The number of hydrogen-bond acceptors (Lipinski definition) is 1. The zero-order valence-corrected chi connectivity index (χ0v) is 13.4. The third-order valence-corrected chi connectivity index (χ3v) is 4.83. The van der Waals surface area contributed by atoms with Gasteiger partial charge < -0.3 is 0 Å². The summed E-state index contributed by atoms with van der Waals surface area (Å²) in [5.41, 5.74) is 3.06. The van der Waals surface area contributed by atoms with E-state index < -0.39 is 0 Å². The number of ketones is 1. The summed E-state index contributed by atoms with van der Waals surface area (Å²) in [6, 6.07) is 8.68. The van der Waals surface area contributed by atoms with Gasteiger partial charge in [-0.25, -0.2) is 0 Å². The second-order valence-electron chi connectivity index (χ2n) is 7.54. The van der Waals surface area contributed by atoms with Crippen LogP contribution in [0.25, 0.3) is 0 Å². The molecule has 1 aromatic carbocycles. The molecule has 0 amide bonds. The van der Waals surface area contributed by atoms with Gasteiger partial charge >= 0.3 is 0 Å². The summed E-state index contributed by atoms with van der Waals surface area (Å²) in [7, 11) is 0. The van der Waals surface area contributed by atoms with E-state index in [9.17, 15) is 4.79 Å². The van der Waals surface area contributed by atoms with Crippen molar-refractivity contribution in [1.29, 1.82) is 0 Å². The molecule has 0 atom stereocenters. The van der Waals surface area contributed by atoms with Crippen molar-refractivity contribution in [2.24, 2.45) is 11.3 Å². The van der Waals surface area contributed by atoms with Crippen LogP contribution in [-0.4, -0.2) is 5.78 Å². The molecule has 1 heteroatoms. The van der Waals surface area contributed by atoms with E-state index in [1.165, 1.54) is 36.8 Å². The van der Waals surface area contributed by atoms with Crippen LogP contribution in [0.15, 0.2) is 24.3 Å². The van der Waals surface area contributed by atoms with Gasteiger partial charge in [0.15, 0.2) is 0 Å². The minimum atomic E-state index is 0.249. The standard InChI is InChI=1S/C19H28O/c1-14(20)12-15-6-5-7-17(13-15)16-8-10-18(11-9-16)19(2,3)4/h5-7,13,16,18H,8-12H2,1-4H3. The molecule has 0 radical (unpaired) electrons. The van der Waals surface area contributed by atoms with Crippen LogP contribution in [0.4, 0.5) is 0 Å². The number of Topliss-reactive ketones (excluding diaryl/α,β-unsaturated/α-hetero) is 1. The SMILES string of the molecule is CC(=O)Cc1cccc(C2CCC(C(C)(C)C)CC2)c1. The fourth-order valence-corrected chi connectivity index (χ4v) is 3.54. The van der Waals surface area contributed by atoms with Crippen molar-refractivity contribution in [3.63, 3.8) is 0 Å². The highest BCUT2D eigenvalue weighted by atomic mass is 16.1. The van der Waals surface area contributed by atoms with Gasteiger partial charge in [0.05, 0.1) is 0 Å². The minimum absolute atomic E-state index is 0.249. The van der Waals surface area contributed by atoms with Crippen LogP contribution in [0.1, 0.15) is 70.4 Å². The Morgan fingerprint density at radius 1 is 1.15 bits per heavy atom. The van der Waals surface area contributed by atoms with Crippen molar-refractivity contribution >= 4 is 5.78 Å². The zero-order valence-electron chi connectivity index (χ0n) is 13.4. The average Bonchev–Trinajstić information content (AvgIpc) is 2.37. The van der Waals surface area contributed by atoms with Crippen LogP contribution in [0.3, 0.4) is 0 Å². The van der Waals surface area contributed by atoms with E-state index in [2.05, 4.69) is 45.0 Å². The first-order chi connectivity index (χ1) is 9.36. The number of benzene rings is 1. The lowest BCUT2D eigenvalue weighted by Crippen LogP contribution is -2.25. The molecular formula is C19H28O. The fraction of sp³-hybridized carbons (Fsp3) is 0.632. The molecule has 1 aromatic rings. The Labute approximate surface area is 123 Å². The van der Waals surface area contributed by atoms with E-state index in [0.717, 1.165) is 5.92 Å². The highest BCUT2D eigenvalue weighted by molar-refractivity contribution is 5.78. The molecule has 1 aliphatic rings. The number of hydrogen-bond donors (Lipinski definition) is 0. The Bertz CT molecular complexity index is 459. The molecule has 1 nitrogen and oxygen atoms in total. The van der Waals surface area contributed by atoms with Crippen LogP contribution < -0.4 is 0 Å². The maximum Gasteiger partial charge on any atom is 0.134 e. The lowest BCUT2D eigenvalue weighted by molar-refractivity contribution is -0.116. The van der Waals surface area contributed by atoms with Crippen molar-refractivity contribution in [2.75, 3.05) is 0 Å². The van der Waals surface area contributed by atoms with E-state index in [0.29, 0.717) is 17.8 Å². The van der Waals surface area contributed by atoms with E-state index in [-0.39, 0.29) is 5.78 Å². The van der Waals surface area contributed by atoms with Gasteiger partial charge in [0.1, 0.15) is 5.78 Å². The highest BCUT2D eigenvalue weighted by Gasteiger charge is 2.30. The summed E-state index contributed by atoms with van der Waals surface area (Å²) in [5, 5.41) is 0. The lowest BCUT2D eigenvalue weighted by Gasteiger charge is -2.37. The minimum Gasteiger partial charge on any atom is -0.300 e. The largest absolute Gasteiger partial charge is 0.300 e. The Balaban J connectivity index is 2.02. The quantitative estimate of drug-likeness (QED) is 0.744. The van der Waals surface area contributed by atoms with Crippen LogP contribution in [0.5, 0.6) is 0 Å². The molecule has 0 spiro atoms. The second kappa shape index (κ2) is 6.11. The van der Waals surface area contributed by atoms with Gasteiger partial charge in [0, 0.05) is 6.42 Å². The molecule has 2 rings (SSSR count). The van der Waals surface area contributed by atoms with E-state index in [1.807, 2.05) is 0 Å². The normalized spacial score (nSPS) is 23.6. The first-order valence-electron chi connectivity index (χ1n) is 7.94. The lowest BCUT2D eigenvalue weighted by atomic mass is 9.68. The molecule has 0 saturated heterocycles. The van der Waals surface area contributed by atoms with Gasteiger partial charge in [0.2, 0.25) is 0 Å². The molecule has 1 fully saturated rings. The van der Waals surface area contributed by atoms with Gasteiger partial charge in [-0.3, -0.25) is 4.79 Å². The van der Waals surface area contributed by atoms with E-state index >= 15 is 0 Å². The number of carbonyl (C=O) groups excluding carboxylic acids is 1. The maximum absolute atomic E-state index is 11.3. The Morgan fingerprint density at radius 2 is 1.80 bits per heavy atom. The summed E-state index contributed by atoms with van der Waals surface area (Å²) in [4.78, 5) is 11.3. The molecule has 0 N–H and O–H groups in total. The molecule has 20 heavy (non-hydrogen) atoms. The van der Waals surface area contributed by atoms with Crippen molar-refractivity contribution < 1.29 is 4.79 Å². The van der Waals surface area contributed by atoms with Crippen LogP contribution in [0, 0.1) is 11.3 Å². The number of rotatable bonds is 3. The fourth-order valence-electron chi connectivity index (χ4n) is 3.54. The van der Waals surface area contributed by atoms with Crippen LogP contribution >= 0.6 is 0 Å². The van der Waals surface area contributed by atoms with Crippen LogP contribution in [-0.2, 0) is 11.2 Å². The summed E-state index contributed by atoms with van der Waals surface area (Å²) < 4.78 is 0. The third-order valence-electron chi connectivity index (χ3n) is 4.83. The van der Waals surface area contributed by atoms with Crippen molar-refractivity contribution in [1.82, 2.24) is 0 Å². The topological polar surface area (TPSA) is 17.1 Å². The first kappa shape index (κ1) is 15.3. The molecule has 0 unspecified atom stereocenters. The summed E-state index contributed by atoms with van der Waals surface area (Å²) in [5.74, 6) is 1.80. The monoisotopic (exact) mass is 272 g/mol. The Kier molecular flexibility index (Phi) is 4.67. The summed E-state index contributed by atoms with van der Waals surface area (Å²) >= 11 is 0. The summed E-state index contributed by atoms with van der Waals surface area (Å²) in [6.45, 7) is 8.77. The summed E-state index contributed by atoms with van der Waals surface area (Å²) in [6.07, 6.45) is 5.85. The Hall–Kier alpha value is -1.11. The molecule has 1 aliphatic carbocycles. The van der Waals surface area contributed by atoms with Gasteiger partial charge in [-0.1, -0.05) is 45.0 Å².